The highest BCUT2D eigenvalue weighted by molar-refractivity contribution is 7.19. The van der Waals surface area contributed by atoms with E-state index in [2.05, 4.69) is 15.3 Å². The van der Waals surface area contributed by atoms with Crippen molar-refractivity contribution in [2.24, 2.45) is 0 Å². The molecular weight excluding hydrogens is 337 g/mol. The molecule has 112 valence electrons. The lowest BCUT2D eigenvalue weighted by atomic mass is 9.97. The monoisotopic (exact) mass is 349 g/mol. The number of nitrogens with zero attached hydrogens (tertiary/aromatic N) is 2. The predicted molar refractivity (Wildman–Crippen MR) is 93.8 cm³/mol. The van der Waals surface area contributed by atoms with Gasteiger partial charge in [0, 0.05) is 20.6 Å². The van der Waals surface area contributed by atoms with Crippen LogP contribution in [0.3, 0.4) is 0 Å². The van der Waals surface area contributed by atoms with Crippen molar-refractivity contribution in [1.29, 1.82) is 0 Å². The lowest BCUT2D eigenvalue weighted by molar-refractivity contribution is 0.700. The van der Waals surface area contributed by atoms with Crippen molar-refractivity contribution in [1.82, 2.24) is 9.97 Å². The molecule has 3 nitrogen and oxygen atoms in total. The number of benzene rings is 1. The van der Waals surface area contributed by atoms with Gasteiger partial charge in [0.1, 0.15) is 17.0 Å². The van der Waals surface area contributed by atoms with Crippen molar-refractivity contribution in [3.05, 3.63) is 45.0 Å². The lowest BCUT2D eigenvalue weighted by Crippen LogP contribution is -2.01. The Hall–Kier alpha value is -1.36. The highest BCUT2D eigenvalue weighted by atomic mass is 35.5. The van der Waals surface area contributed by atoms with E-state index in [9.17, 15) is 0 Å². The summed E-state index contributed by atoms with van der Waals surface area (Å²) in [5.74, 6) is 0.836. The summed E-state index contributed by atoms with van der Waals surface area (Å²) in [4.78, 5) is 11.4. The van der Waals surface area contributed by atoms with E-state index in [0.717, 1.165) is 34.6 Å². The molecule has 0 unspecified atom stereocenters. The SMILES string of the molecule is Clc1cc(Cl)cc(Nc2ncnc3sc4c(c23)CCCC4)c1. The first-order valence-electron chi connectivity index (χ1n) is 7.19. The van der Waals surface area contributed by atoms with Crippen molar-refractivity contribution < 1.29 is 0 Å². The van der Waals surface area contributed by atoms with Gasteiger partial charge in [-0.25, -0.2) is 9.97 Å². The fraction of sp³-hybridized carbons (Fsp3) is 0.250. The van der Waals surface area contributed by atoms with Gasteiger partial charge in [0.25, 0.3) is 0 Å². The molecular formula is C16H13Cl2N3S. The van der Waals surface area contributed by atoms with Gasteiger partial charge in [-0.1, -0.05) is 23.2 Å². The van der Waals surface area contributed by atoms with Crippen LogP contribution in [-0.2, 0) is 12.8 Å². The number of aryl methyl sites for hydroxylation is 2. The van der Waals surface area contributed by atoms with Crippen LogP contribution in [0, 0.1) is 0 Å². The van der Waals surface area contributed by atoms with Crippen LogP contribution in [0.1, 0.15) is 23.3 Å². The van der Waals surface area contributed by atoms with Crippen LogP contribution < -0.4 is 5.32 Å². The molecule has 0 aliphatic heterocycles. The van der Waals surface area contributed by atoms with E-state index in [1.165, 1.54) is 23.3 Å². The Balaban J connectivity index is 1.82. The van der Waals surface area contributed by atoms with E-state index >= 15 is 0 Å². The van der Waals surface area contributed by atoms with Crippen molar-refractivity contribution in [3.63, 3.8) is 0 Å². The number of hydrogen-bond acceptors (Lipinski definition) is 4. The van der Waals surface area contributed by atoms with Gasteiger partial charge in [-0.15, -0.1) is 11.3 Å². The molecule has 3 aromatic rings. The van der Waals surface area contributed by atoms with Gasteiger partial charge in [-0.05, 0) is 49.4 Å². The van der Waals surface area contributed by atoms with E-state index in [0.29, 0.717) is 10.0 Å². The van der Waals surface area contributed by atoms with Crippen LogP contribution in [0.2, 0.25) is 10.0 Å². The number of anilines is 2. The minimum Gasteiger partial charge on any atom is -0.339 e. The second-order valence-corrected chi connectivity index (χ2v) is 7.35. The third kappa shape index (κ3) is 2.56. The first-order chi connectivity index (χ1) is 10.7. The smallest absolute Gasteiger partial charge is 0.142 e. The lowest BCUT2D eigenvalue weighted by Gasteiger charge is -2.12. The van der Waals surface area contributed by atoms with Crippen molar-refractivity contribution in [2.45, 2.75) is 25.7 Å². The molecule has 0 atom stereocenters. The fourth-order valence-corrected chi connectivity index (χ4v) is 4.70. The summed E-state index contributed by atoms with van der Waals surface area (Å²) in [5.41, 5.74) is 2.25. The second-order valence-electron chi connectivity index (χ2n) is 5.40. The molecule has 0 fully saturated rings. The molecule has 1 aromatic carbocycles. The molecule has 22 heavy (non-hydrogen) atoms. The van der Waals surface area contributed by atoms with Crippen LogP contribution in [0.15, 0.2) is 24.5 Å². The maximum atomic E-state index is 6.07. The topological polar surface area (TPSA) is 37.8 Å². The van der Waals surface area contributed by atoms with E-state index in [4.69, 9.17) is 23.2 Å². The first-order valence-corrected chi connectivity index (χ1v) is 8.76. The van der Waals surface area contributed by atoms with Gasteiger partial charge in [-0.3, -0.25) is 0 Å². The Bertz CT molecular complexity index is 840. The molecule has 0 saturated heterocycles. The summed E-state index contributed by atoms with van der Waals surface area (Å²) in [6.07, 6.45) is 6.36. The van der Waals surface area contributed by atoms with E-state index in [1.54, 1.807) is 23.7 Å². The third-order valence-corrected chi connectivity index (χ3v) is 5.51. The quantitative estimate of drug-likeness (QED) is 0.652. The zero-order valence-electron chi connectivity index (χ0n) is 11.7. The molecule has 0 spiro atoms. The van der Waals surface area contributed by atoms with Crippen LogP contribution in [-0.4, -0.2) is 9.97 Å². The highest BCUT2D eigenvalue weighted by Crippen LogP contribution is 2.39. The molecule has 1 aliphatic carbocycles. The number of fused-ring (bicyclic) bond motifs is 3. The van der Waals surface area contributed by atoms with Gasteiger partial charge < -0.3 is 5.32 Å². The Kier molecular flexibility index (Phi) is 3.68. The fourth-order valence-electron chi connectivity index (χ4n) is 2.95. The molecule has 2 heterocycles. The minimum absolute atomic E-state index is 0.604. The Labute approximate surface area is 142 Å². The average molecular weight is 350 g/mol. The predicted octanol–water partition coefficient (Wildman–Crippen LogP) is 5.62. The maximum Gasteiger partial charge on any atom is 0.142 e. The number of thiophene rings is 1. The number of rotatable bonds is 2. The second kappa shape index (κ2) is 5.69. The Morgan fingerprint density at radius 3 is 2.59 bits per heavy atom. The number of hydrogen-bond donors (Lipinski definition) is 1. The van der Waals surface area contributed by atoms with E-state index in [1.807, 2.05) is 12.1 Å². The van der Waals surface area contributed by atoms with Gasteiger partial charge in [0.15, 0.2) is 0 Å². The highest BCUT2D eigenvalue weighted by Gasteiger charge is 2.19. The zero-order chi connectivity index (χ0) is 15.1. The summed E-state index contributed by atoms with van der Waals surface area (Å²) >= 11 is 13.9. The summed E-state index contributed by atoms with van der Waals surface area (Å²) in [6, 6.07) is 5.41. The van der Waals surface area contributed by atoms with Gasteiger partial charge >= 0.3 is 0 Å². The van der Waals surface area contributed by atoms with Crippen molar-refractivity contribution >= 4 is 56.3 Å². The summed E-state index contributed by atoms with van der Waals surface area (Å²) in [5, 5.41) is 5.71. The molecule has 6 heteroatoms. The van der Waals surface area contributed by atoms with Crippen LogP contribution in [0.4, 0.5) is 11.5 Å². The Morgan fingerprint density at radius 1 is 1.00 bits per heavy atom. The molecule has 0 saturated carbocycles. The number of nitrogens with one attached hydrogen (secondary N) is 1. The molecule has 1 aliphatic rings. The average Bonchev–Trinajstić information content (AvgIpc) is 2.85. The minimum atomic E-state index is 0.604. The van der Waals surface area contributed by atoms with Gasteiger partial charge in [0.2, 0.25) is 0 Å². The molecule has 1 N–H and O–H groups in total. The summed E-state index contributed by atoms with van der Waals surface area (Å²) in [6.45, 7) is 0. The molecule has 0 amide bonds. The van der Waals surface area contributed by atoms with E-state index < -0.39 is 0 Å². The van der Waals surface area contributed by atoms with E-state index in [-0.39, 0.29) is 0 Å². The normalized spacial score (nSPS) is 14.1. The van der Waals surface area contributed by atoms with Crippen LogP contribution in [0.25, 0.3) is 10.2 Å². The standard InChI is InChI=1S/C16H13Cl2N3S/c17-9-5-10(18)7-11(6-9)21-15-14-12-3-1-2-4-13(12)22-16(14)20-8-19-15/h5-8H,1-4H2,(H,19,20,21). The summed E-state index contributed by atoms with van der Waals surface area (Å²) in [7, 11) is 0. The number of halogens is 2. The first kappa shape index (κ1) is 14.2. The van der Waals surface area contributed by atoms with Crippen LogP contribution in [0.5, 0.6) is 0 Å². The molecule has 0 radical (unpaired) electrons. The zero-order valence-corrected chi connectivity index (χ0v) is 14.0. The van der Waals surface area contributed by atoms with Gasteiger partial charge in [0.05, 0.1) is 5.39 Å². The summed E-state index contributed by atoms with van der Waals surface area (Å²) < 4.78 is 0. The largest absolute Gasteiger partial charge is 0.339 e. The third-order valence-electron chi connectivity index (χ3n) is 3.88. The van der Waals surface area contributed by atoms with Crippen molar-refractivity contribution in [3.8, 4) is 0 Å². The van der Waals surface area contributed by atoms with Crippen molar-refractivity contribution in [2.75, 3.05) is 5.32 Å². The maximum absolute atomic E-state index is 6.07. The van der Waals surface area contributed by atoms with Gasteiger partial charge in [-0.2, -0.15) is 0 Å². The Morgan fingerprint density at radius 2 is 1.77 bits per heavy atom. The molecule has 2 aromatic heterocycles. The number of aromatic nitrogens is 2. The molecule has 4 rings (SSSR count). The van der Waals surface area contributed by atoms with Crippen LogP contribution >= 0.6 is 34.5 Å². The molecule has 0 bridgehead atoms.